The van der Waals surface area contributed by atoms with E-state index in [2.05, 4.69) is 4.98 Å². The quantitative estimate of drug-likeness (QED) is 0.798. The van der Waals surface area contributed by atoms with Crippen LogP contribution < -0.4 is 11.3 Å². The van der Waals surface area contributed by atoms with Crippen LogP contribution in [0.3, 0.4) is 0 Å². The van der Waals surface area contributed by atoms with Crippen LogP contribution in [0, 0.1) is 0 Å². The molecule has 16 heavy (non-hydrogen) atoms. The van der Waals surface area contributed by atoms with Crippen molar-refractivity contribution in [3.63, 3.8) is 0 Å². The average molecular weight is 223 g/mol. The molecule has 1 aliphatic heterocycles. The van der Waals surface area contributed by atoms with E-state index < -0.39 is 0 Å². The first kappa shape index (κ1) is 11.3. The van der Waals surface area contributed by atoms with Crippen LogP contribution in [0.2, 0.25) is 0 Å². The van der Waals surface area contributed by atoms with Gasteiger partial charge in [-0.15, -0.1) is 0 Å². The van der Waals surface area contributed by atoms with Crippen LogP contribution in [0.25, 0.3) is 0 Å². The zero-order valence-electron chi connectivity index (χ0n) is 9.26. The van der Waals surface area contributed by atoms with Crippen LogP contribution in [0.15, 0.2) is 17.3 Å². The summed E-state index contributed by atoms with van der Waals surface area (Å²) in [6.07, 6.45) is 7.00. The molecule has 0 bridgehead atoms. The van der Waals surface area contributed by atoms with Crippen molar-refractivity contribution in [3.8, 4) is 0 Å². The Labute approximate surface area is 94.2 Å². The van der Waals surface area contributed by atoms with Crippen molar-refractivity contribution in [2.75, 3.05) is 6.61 Å². The monoisotopic (exact) mass is 223 g/mol. The number of hydrogen-bond donors (Lipinski definition) is 1. The maximum Gasteiger partial charge on any atom is 0.277 e. The highest BCUT2D eigenvalue weighted by Gasteiger charge is 2.14. The minimum atomic E-state index is -0.233. The smallest absolute Gasteiger partial charge is 0.277 e. The molecular formula is C11H17N3O2. The van der Waals surface area contributed by atoms with Crippen LogP contribution in [0.5, 0.6) is 0 Å². The Kier molecular flexibility index (Phi) is 3.69. The minimum Gasteiger partial charge on any atom is -0.376 e. The van der Waals surface area contributed by atoms with Gasteiger partial charge in [-0.25, -0.2) is 0 Å². The molecule has 2 rings (SSSR count). The fourth-order valence-corrected chi connectivity index (χ4v) is 1.92. The molecule has 5 heteroatoms. The molecule has 0 spiro atoms. The van der Waals surface area contributed by atoms with E-state index in [1.165, 1.54) is 6.42 Å². The van der Waals surface area contributed by atoms with Crippen molar-refractivity contribution in [1.29, 1.82) is 0 Å². The summed E-state index contributed by atoms with van der Waals surface area (Å²) in [5, 5.41) is 0. The van der Waals surface area contributed by atoms with Gasteiger partial charge in [0.15, 0.2) is 0 Å². The van der Waals surface area contributed by atoms with Crippen molar-refractivity contribution >= 4 is 0 Å². The van der Waals surface area contributed by atoms with Crippen LogP contribution in [-0.4, -0.2) is 22.3 Å². The zero-order chi connectivity index (χ0) is 11.4. The molecule has 88 valence electrons. The summed E-state index contributed by atoms with van der Waals surface area (Å²) in [6, 6.07) is 0. The second-order valence-corrected chi connectivity index (χ2v) is 4.09. The first-order chi connectivity index (χ1) is 7.79. The van der Waals surface area contributed by atoms with E-state index in [9.17, 15) is 4.79 Å². The first-order valence-electron chi connectivity index (χ1n) is 5.66. The number of nitrogens with two attached hydrogens (primary N) is 1. The van der Waals surface area contributed by atoms with E-state index in [0.717, 1.165) is 26.0 Å². The molecule has 0 saturated carbocycles. The number of aromatic nitrogens is 2. The molecule has 1 aromatic heterocycles. The van der Waals surface area contributed by atoms with Crippen LogP contribution in [0.4, 0.5) is 0 Å². The Balaban J connectivity index is 2.06. The maximum atomic E-state index is 11.3. The molecule has 0 radical (unpaired) electrons. The predicted octanol–water partition coefficient (Wildman–Crippen LogP) is 0.271. The lowest BCUT2D eigenvalue weighted by molar-refractivity contribution is 0.00570. The highest BCUT2D eigenvalue weighted by Crippen LogP contribution is 2.14. The number of ether oxygens (including phenoxy) is 1. The van der Waals surface area contributed by atoms with Crippen molar-refractivity contribution in [3.05, 3.63) is 28.4 Å². The Morgan fingerprint density at radius 1 is 1.56 bits per heavy atom. The van der Waals surface area contributed by atoms with E-state index in [1.54, 1.807) is 12.5 Å². The van der Waals surface area contributed by atoms with Gasteiger partial charge in [0.25, 0.3) is 5.56 Å². The lowest BCUT2D eigenvalue weighted by atomic mass is 10.1. The van der Waals surface area contributed by atoms with Gasteiger partial charge in [-0.1, -0.05) is 0 Å². The Bertz CT molecular complexity index is 396. The Morgan fingerprint density at radius 3 is 3.12 bits per heavy atom. The molecule has 0 aliphatic carbocycles. The van der Waals surface area contributed by atoms with E-state index >= 15 is 0 Å². The standard InChI is InChI=1S/C11H17N3O2/c12-5-9-6-14(8-13-11(9)15)7-10-3-1-2-4-16-10/h6,8,10H,1-5,7,12H2. The molecule has 1 atom stereocenters. The van der Waals surface area contributed by atoms with Gasteiger partial charge >= 0.3 is 0 Å². The van der Waals surface area contributed by atoms with Gasteiger partial charge in [0, 0.05) is 31.5 Å². The summed E-state index contributed by atoms with van der Waals surface area (Å²) < 4.78 is 7.52. The molecule has 1 aliphatic rings. The molecule has 2 N–H and O–H groups in total. The maximum absolute atomic E-state index is 11.3. The Hall–Kier alpha value is -1.20. The largest absolute Gasteiger partial charge is 0.376 e. The molecule has 1 unspecified atom stereocenters. The lowest BCUT2D eigenvalue weighted by Crippen LogP contribution is -2.26. The third-order valence-electron chi connectivity index (χ3n) is 2.83. The minimum absolute atomic E-state index is 0.233. The third kappa shape index (κ3) is 2.68. The summed E-state index contributed by atoms with van der Waals surface area (Å²) in [6.45, 7) is 1.82. The van der Waals surface area contributed by atoms with Crippen LogP contribution in [0.1, 0.15) is 24.8 Å². The van der Waals surface area contributed by atoms with Crippen LogP contribution >= 0.6 is 0 Å². The van der Waals surface area contributed by atoms with Crippen molar-refractivity contribution in [2.24, 2.45) is 5.73 Å². The number of nitrogens with zero attached hydrogens (tertiary/aromatic N) is 2. The van der Waals surface area contributed by atoms with Gasteiger partial charge in [-0.3, -0.25) is 4.79 Å². The topological polar surface area (TPSA) is 70.1 Å². The fourth-order valence-electron chi connectivity index (χ4n) is 1.92. The van der Waals surface area contributed by atoms with Crippen molar-refractivity contribution < 1.29 is 4.74 Å². The zero-order valence-corrected chi connectivity index (χ0v) is 9.26. The summed E-state index contributed by atoms with van der Waals surface area (Å²) in [7, 11) is 0. The molecule has 2 heterocycles. The highest BCUT2D eigenvalue weighted by molar-refractivity contribution is 5.03. The molecular weight excluding hydrogens is 206 g/mol. The molecule has 0 aromatic carbocycles. The molecule has 1 aromatic rings. The highest BCUT2D eigenvalue weighted by atomic mass is 16.5. The molecule has 1 saturated heterocycles. The molecule has 1 fully saturated rings. The van der Waals surface area contributed by atoms with E-state index in [-0.39, 0.29) is 18.2 Å². The summed E-state index contributed by atoms with van der Waals surface area (Å²) in [5.74, 6) is 0. The SMILES string of the molecule is NCc1cn(CC2CCCCO2)cnc1=O. The van der Waals surface area contributed by atoms with Crippen molar-refractivity contribution in [2.45, 2.75) is 38.5 Å². The summed E-state index contributed by atoms with van der Waals surface area (Å²) in [4.78, 5) is 15.0. The first-order valence-corrected chi connectivity index (χ1v) is 5.66. The van der Waals surface area contributed by atoms with Gasteiger partial charge in [-0.05, 0) is 19.3 Å². The van der Waals surface area contributed by atoms with Gasteiger partial charge in [0.1, 0.15) is 0 Å². The summed E-state index contributed by atoms with van der Waals surface area (Å²) >= 11 is 0. The summed E-state index contributed by atoms with van der Waals surface area (Å²) in [5.41, 5.74) is 5.79. The van der Waals surface area contributed by atoms with Gasteiger partial charge in [0.2, 0.25) is 0 Å². The predicted molar refractivity (Wildman–Crippen MR) is 60.0 cm³/mol. The average Bonchev–Trinajstić information content (AvgIpc) is 2.33. The van der Waals surface area contributed by atoms with Gasteiger partial charge < -0.3 is 15.0 Å². The Morgan fingerprint density at radius 2 is 2.44 bits per heavy atom. The fraction of sp³-hybridized carbons (Fsp3) is 0.636. The second kappa shape index (κ2) is 5.23. The normalized spacial score (nSPS) is 20.9. The molecule has 0 amide bonds. The van der Waals surface area contributed by atoms with Gasteiger partial charge in [0.05, 0.1) is 12.4 Å². The number of rotatable bonds is 3. The lowest BCUT2D eigenvalue weighted by Gasteiger charge is -2.23. The second-order valence-electron chi connectivity index (χ2n) is 4.09. The number of hydrogen-bond acceptors (Lipinski definition) is 4. The van der Waals surface area contributed by atoms with Crippen LogP contribution in [-0.2, 0) is 17.8 Å². The van der Waals surface area contributed by atoms with E-state index in [4.69, 9.17) is 10.5 Å². The van der Waals surface area contributed by atoms with Crippen molar-refractivity contribution in [1.82, 2.24) is 9.55 Å². The van der Waals surface area contributed by atoms with Gasteiger partial charge in [-0.2, -0.15) is 4.98 Å². The van der Waals surface area contributed by atoms with E-state index in [1.807, 2.05) is 4.57 Å². The van der Waals surface area contributed by atoms with E-state index in [0.29, 0.717) is 5.56 Å². The third-order valence-corrected chi connectivity index (χ3v) is 2.83. The molecule has 5 nitrogen and oxygen atoms in total.